The van der Waals surface area contributed by atoms with Crippen LogP contribution in [0.15, 0.2) is 65.6 Å². The van der Waals surface area contributed by atoms with E-state index in [4.69, 9.17) is 29.2 Å². The van der Waals surface area contributed by atoms with Crippen molar-refractivity contribution in [2.75, 3.05) is 45.1 Å². The van der Waals surface area contributed by atoms with Crippen LogP contribution < -0.4 is 24.8 Å². The summed E-state index contributed by atoms with van der Waals surface area (Å²) in [6.07, 6.45) is 3.83. The van der Waals surface area contributed by atoms with Gasteiger partial charge in [-0.25, -0.2) is 4.98 Å². The zero-order chi connectivity index (χ0) is 28.2. The Bertz CT molecular complexity index is 1570. The van der Waals surface area contributed by atoms with Gasteiger partial charge in [-0.2, -0.15) is 21.3 Å². The van der Waals surface area contributed by atoms with Crippen molar-refractivity contribution < 1.29 is 14.2 Å². The molecule has 41 heavy (non-hydrogen) atoms. The fraction of sp³-hybridized carbons (Fsp3) is 0.300. The van der Waals surface area contributed by atoms with Gasteiger partial charge >= 0.3 is 0 Å². The van der Waals surface area contributed by atoms with E-state index in [-0.39, 0.29) is 6.04 Å². The molecule has 5 aromatic rings. The number of hydrogen-bond acceptors (Lipinski definition) is 10. The first-order chi connectivity index (χ1) is 20.1. The van der Waals surface area contributed by atoms with Gasteiger partial charge in [0.15, 0.2) is 28.5 Å². The van der Waals surface area contributed by atoms with E-state index in [1.165, 1.54) is 5.56 Å². The summed E-state index contributed by atoms with van der Waals surface area (Å²) in [5.41, 5.74) is 4.52. The molecule has 1 aliphatic heterocycles. The van der Waals surface area contributed by atoms with Crippen molar-refractivity contribution >= 4 is 40.0 Å². The number of rotatable bonds is 10. The number of anilines is 3. The second-order valence-electron chi connectivity index (χ2n) is 9.88. The Morgan fingerprint density at radius 2 is 1.71 bits per heavy atom. The zero-order valence-electron chi connectivity index (χ0n) is 23.3. The monoisotopic (exact) mass is 571 g/mol. The minimum Gasteiger partial charge on any atom is -0.493 e. The van der Waals surface area contributed by atoms with Gasteiger partial charge in [-0.05, 0) is 29.9 Å². The van der Waals surface area contributed by atoms with Crippen LogP contribution in [0.5, 0.6) is 17.2 Å². The number of hydrogen-bond donors (Lipinski definition) is 2. The van der Waals surface area contributed by atoms with Crippen molar-refractivity contribution in [1.82, 2.24) is 24.4 Å². The molecule has 0 atom stereocenters. The molecule has 0 spiro atoms. The first kappa shape index (κ1) is 26.9. The summed E-state index contributed by atoms with van der Waals surface area (Å²) in [6, 6.07) is 16.6. The molecular formula is C30H33N7O3S. The average molecular weight is 572 g/mol. The summed E-state index contributed by atoms with van der Waals surface area (Å²) in [6.45, 7) is 3.00. The Labute approximate surface area is 242 Å². The lowest BCUT2D eigenvalue weighted by atomic mass is 10.0. The molecule has 1 aliphatic rings. The van der Waals surface area contributed by atoms with Crippen molar-refractivity contribution in [3.63, 3.8) is 0 Å². The maximum atomic E-state index is 5.54. The predicted octanol–water partition coefficient (Wildman–Crippen LogP) is 5.72. The van der Waals surface area contributed by atoms with Gasteiger partial charge in [-0.1, -0.05) is 30.3 Å². The van der Waals surface area contributed by atoms with Gasteiger partial charge in [0.2, 0.25) is 11.7 Å². The largest absolute Gasteiger partial charge is 0.493 e. The van der Waals surface area contributed by atoms with Crippen LogP contribution in [0.4, 0.5) is 17.5 Å². The van der Waals surface area contributed by atoms with Crippen molar-refractivity contribution in [1.29, 1.82) is 0 Å². The van der Waals surface area contributed by atoms with Crippen molar-refractivity contribution in [2.45, 2.75) is 25.4 Å². The zero-order valence-corrected chi connectivity index (χ0v) is 24.1. The topological polar surface area (TPSA) is 98.6 Å². The second kappa shape index (κ2) is 12.0. The summed E-state index contributed by atoms with van der Waals surface area (Å²) < 4.78 is 18.5. The number of thiophene rings is 1. The quantitative estimate of drug-likeness (QED) is 0.218. The van der Waals surface area contributed by atoms with Gasteiger partial charge < -0.3 is 24.8 Å². The van der Waals surface area contributed by atoms with Gasteiger partial charge in [-0.15, -0.1) is 0 Å². The minimum atomic E-state index is 0.278. The van der Waals surface area contributed by atoms with E-state index in [0.29, 0.717) is 34.7 Å². The van der Waals surface area contributed by atoms with Crippen LogP contribution in [0, 0.1) is 0 Å². The number of ether oxygens (including phenoxy) is 3. The van der Waals surface area contributed by atoms with Crippen LogP contribution in [0.2, 0.25) is 0 Å². The first-order valence-electron chi connectivity index (χ1n) is 13.5. The van der Waals surface area contributed by atoms with Crippen molar-refractivity contribution in [3.8, 4) is 22.9 Å². The number of benzene rings is 2. The van der Waals surface area contributed by atoms with Crippen LogP contribution in [-0.4, -0.2) is 64.9 Å². The Morgan fingerprint density at radius 1 is 0.951 bits per heavy atom. The van der Waals surface area contributed by atoms with Gasteiger partial charge in [0.25, 0.3) is 0 Å². The Hall–Kier alpha value is -4.35. The molecule has 3 aromatic heterocycles. The van der Waals surface area contributed by atoms with Crippen LogP contribution in [0.3, 0.4) is 0 Å². The number of nitrogens with zero attached hydrogens (tertiary/aromatic N) is 5. The molecule has 0 aliphatic carbocycles. The molecular weight excluding hydrogens is 538 g/mol. The van der Waals surface area contributed by atoms with E-state index < -0.39 is 0 Å². The Balaban J connectivity index is 1.28. The third-order valence-corrected chi connectivity index (χ3v) is 7.95. The number of fused-ring (bicyclic) bond motifs is 1. The molecule has 6 rings (SSSR count). The van der Waals surface area contributed by atoms with Gasteiger partial charge in [0.05, 0.1) is 27.0 Å². The van der Waals surface area contributed by atoms with Crippen LogP contribution in [-0.2, 0) is 6.54 Å². The molecule has 212 valence electrons. The van der Waals surface area contributed by atoms with Crippen molar-refractivity contribution in [2.24, 2.45) is 0 Å². The van der Waals surface area contributed by atoms with Crippen LogP contribution in [0.25, 0.3) is 16.9 Å². The molecule has 0 amide bonds. The lowest BCUT2D eigenvalue weighted by Crippen LogP contribution is -2.38. The molecule has 0 unspecified atom stereocenters. The number of methoxy groups -OCH3 is 3. The van der Waals surface area contributed by atoms with Gasteiger partial charge in [0, 0.05) is 48.9 Å². The molecule has 11 heteroatoms. The third kappa shape index (κ3) is 5.77. The molecule has 1 fully saturated rings. The van der Waals surface area contributed by atoms with Crippen molar-refractivity contribution in [3.05, 3.63) is 71.2 Å². The number of imidazole rings is 1. The molecule has 10 nitrogen and oxygen atoms in total. The molecule has 0 saturated carbocycles. The fourth-order valence-corrected chi connectivity index (χ4v) is 5.82. The Morgan fingerprint density at radius 3 is 2.37 bits per heavy atom. The lowest BCUT2D eigenvalue weighted by molar-refractivity contribution is 0.211. The highest BCUT2D eigenvalue weighted by Crippen LogP contribution is 2.40. The van der Waals surface area contributed by atoms with Gasteiger partial charge in [0.1, 0.15) is 6.33 Å². The van der Waals surface area contributed by atoms with Crippen LogP contribution >= 0.6 is 11.3 Å². The maximum absolute atomic E-state index is 5.54. The second-order valence-corrected chi connectivity index (χ2v) is 10.7. The summed E-state index contributed by atoms with van der Waals surface area (Å²) in [4.78, 5) is 17.0. The molecule has 1 saturated heterocycles. The first-order valence-corrected chi connectivity index (χ1v) is 14.5. The molecule has 2 aromatic carbocycles. The molecule has 0 radical (unpaired) electrons. The third-order valence-electron chi connectivity index (χ3n) is 7.28. The highest BCUT2D eigenvalue weighted by Gasteiger charge is 2.23. The number of aromatic nitrogens is 4. The molecule has 2 N–H and O–H groups in total. The highest BCUT2D eigenvalue weighted by atomic mass is 32.1. The molecule has 4 heterocycles. The lowest BCUT2D eigenvalue weighted by Gasteiger charge is -2.32. The Kier molecular flexibility index (Phi) is 7.88. The van der Waals surface area contributed by atoms with E-state index in [1.54, 1.807) is 39.0 Å². The smallest absolute Gasteiger partial charge is 0.231 e. The fourth-order valence-electron chi connectivity index (χ4n) is 5.19. The highest BCUT2D eigenvalue weighted by molar-refractivity contribution is 7.08. The van der Waals surface area contributed by atoms with Crippen LogP contribution in [0.1, 0.15) is 18.4 Å². The number of nitrogens with one attached hydrogen (secondary N) is 2. The standard InChI is InChI=1S/C30H33N7O3S/c1-38-24-15-22(16-25(39-2)27(24)40-3)33-30-34-28(26-29(35-30)37(19-31-26)23-11-14-41-18-23)32-21-9-12-36(13-10-21)17-20-7-5-4-6-8-20/h4-8,11,14-16,18-19,21H,9-10,12-13,17H2,1-3H3,(H2,32,33,34,35). The summed E-state index contributed by atoms with van der Waals surface area (Å²) in [7, 11) is 4.77. The SMILES string of the molecule is COc1cc(Nc2nc(NC3CCN(Cc4ccccc4)CC3)c3ncn(-c4ccsc4)c3n2)cc(OC)c1OC. The van der Waals surface area contributed by atoms with E-state index in [1.807, 2.05) is 22.1 Å². The predicted molar refractivity (Wildman–Crippen MR) is 162 cm³/mol. The summed E-state index contributed by atoms with van der Waals surface area (Å²) in [5, 5.41) is 11.2. The summed E-state index contributed by atoms with van der Waals surface area (Å²) >= 11 is 1.63. The van der Waals surface area contributed by atoms with Gasteiger partial charge in [-0.3, -0.25) is 9.47 Å². The maximum Gasteiger partial charge on any atom is 0.231 e. The number of likely N-dealkylation sites (tertiary alicyclic amines) is 1. The van der Waals surface area contributed by atoms with E-state index in [9.17, 15) is 0 Å². The summed E-state index contributed by atoms with van der Waals surface area (Å²) in [5.74, 6) is 2.75. The van der Waals surface area contributed by atoms with E-state index >= 15 is 0 Å². The van der Waals surface area contributed by atoms with E-state index in [0.717, 1.165) is 49.3 Å². The normalized spacial score (nSPS) is 14.2. The molecule has 0 bridgehead atoms. The number of piperidine rings is 1. The average Bonchev–Trinajstić information content (AvgIpc) is 3.68. The minimum absolute atomic E-state index is 0.278. The van der Waals surface area contributed by atoms with E-state index in [2.05, 4.69) is 57.3 Å².